The number of pyridine rings is 1. The highest BCUT2D eigenvalue weighted by Crippen LogP contribution is 2.15. The SMILES string of the molecule is CCC(=O)N1CCC(Nc2ccc(C(=O)N(C)C)cn2)C1. The van der Waals surface area contributed by atoms with E-state index in [4.69, 9.17) is 0 Å². The van der Waals surface area contributed by atoms with Crippen LogP contribution in [0.5, 0.6) is 0 Å². The number of rotatable bonds is 4. The first-order valence-corrected chi connectivity index (χ1v) is 7.23. The van der Waals surface area contributed by atoms with Gasteiger partial charge in [0.15, 0.2) is 0 Å². The molecule has 6 nitrogen and oxygen atoms in total. The minimum Gasteiger partial charge on any atom is -0.365 e. The number of hydrogen-bond acceptors (Lipinski definition) is 4. The van der Waals surface area contributed by atoms with E-state index in [1.807, 2.05) is 11.8 Å². The summed E-state index contributed by atoms with van der Waals surface area (Å²) >= 11 is 0. The molecule has 0 radical (unpaired) electrons. The number of nitrogens with one attached hydrogen (secondary N) is 1. The fourth-order valence-electron chi connectivity index (χ4n) is 2.40. The van der Waals surface area contributed by atoms with Crippen LogP contribution in [0.4, 0.5) is 5.82 Å². The van der Waals surface area contributed by atoms with Crippen LogP contribution >= 0.6 is 0 Å². The highest BCUT2D eigenvalue weighted by molar-refractivity contribution is 5.93. The molecule has 2 heterocycles. The standard InChI is InChI=1S/C15H22N4O2/c1-4-14(20)19-8-7-12(10-19)17-13-6-5-11(9-16-13)15(21)18(2)3/h5-6,9,12H,4,7-8,10H2,1-3H3,(H,16,17). The Bertz CT molecular complexity index is 513. The van der Waals surface area contributed by atoms with Crippen LogP contribution in [0.1, 0.15) is 30.1 Å². The smallest absolute Gasteiger partial charge is 0.254 e. The lowest BCUT2D eigenvalue weighted by Gasteiger charge is -2.17. The number of anilines is 1. The van der Waals surface area contributed by atoms with Crippen molar-refractivity contribution in [3.8, 4) is 0 Å². The zero-order valence-electron chi connectivity index (χ0n) is 12.8. The molecule has 1 fully saturated rings. The molecular weight excluding hydrogens is 268 g/mol. The molecule has 1 aromatic heterocycles. The van der Waals surface area contributed by atoms with Gasteiger partial charge in [-0.25, -0.2) is 4.98 Å². The van der Waals surface area contributed by atoms with E-state index < -0.39 is 0 Å². The van der Waals surface area contributed by atoms with Gasteiger partial charge in [-0.1, -0.05) is 6.92 Å². The van der Waals surface area contributed by atoms with Crippen molar-refractivity contribution in [2.24, 2.45) is 0 Å². The van der Waals surface area contributed by atoms with E-state index in [1.165, 1.54) is 4.90 Å². The highest BCUT2D eigenvalue weighted by atomic mass is 16.2. The second-order valence-corrected chi connectivity index (χ2v) is 5.45. The van der Waals surface area contributed by atoms with Gasteiger partial charge in [0, 0.05) is 45.8 Å². The molecule has 1 aliphatic heterocycles. The van der Waals surface area contributed by atoms with Gasteiger partial charge in [0.1, 0.15) is 5.82 Å². The third-order valence-electron chi connectivity index (χ3n) is 3.61. The molecule has 0 aliphatic carbocycles. The number of likely N-dealkylation sites (tertiary alicyclic amines) is 1. The van der Waals surface area contributed by atoms with Crippen LogP contribution in [0.3, 0.4) is 0 Å². The number of nitrogens with zero attached hydrogens (tertiary/aromatic N) is 3. The summed E-state index contributed by atoms with van der Waals surface area (Å²) in [5.41, 5.74) is 0.569. The fraction of sp³-hybridized carbons (Fsp3) is 0.533. The Hall–Kier alpha value is -2.11. The lowest BCUT2D eigenvalue weighted by Crippen LogP contribution is -2.31. The summed E-state index contributed by atoms with van der Waals surface area (Å²) in [4.78, 5) is 31.1. The van der Waals surface area contributed by atoms with Gasteiger partial charge in [-0.05, 0) is 18.6 Å². The molecule has 0 bridgehead atoms. The average molecular weight is 290 g/mol. The molecule has 2 rings (SSSR count). The van der Waals surface area contributed by atoms with Crippen LogP contribution in [-0.4, -0.2) is 59.8 Å². The maximum atomic E-state index is 11.8. The van der Waals surface area contributed by atoms with Gasteiger partial charge in [0.25, 0.3) is 5.91 Å². The monoisotopic (exact) mass is 290 g/mol. The first kappa shape index (κ1) is 15.3. The summed E-state index contributed by atoms with van der Waals surface area (Å²) in [6.07, 6.45) is 3.05. The average Bonchev–Trinajstić information content (AvgIpc) is 2.95. The van der Waals surface area contributed by atoms with Gasteiger partial charge in [-0.3, -0.25) is 9.59 Å². The summed E-state index contributed by atoms with van der Waals surface area (Å²) in [5.74, 6) is 0.870. The molecule has 1 unspecified atom stereocenters. The van der Waals surface area contributed by atoms with Crippen molar-refractivity contribution in [2.75, 3.05) is 32.5 Å². The number of carbonyl (C=O) groups excluding carboxylic acids is 2. The zero-order valence-corrected chi connectivity index (χ0v) is 12.8. The van der Waals surface area contributed by atoms with Crippen molar-refractivity contribution in [3.63, 3.8) is 0 Å². The lowest BCUT2D eigenvalue weighted by atomic mass is 10.2. The van der Waals surface area contributed by atoms with Crippen LogP contribution in [-0.2, 0) is 4.79 Å². The Balaban J connectivity index is 1.93. The van der Waals surface area contributed by atoms with E-state index in [0.29, 0.717) is 18.5 Å². The van der Waals surface area contributed by atoms with Crippen LogP contribution in [0.15, 0.2) is 18.3 Å². The highest BCUT2D eigenvalue weighted by Gasteiger charge is 2.25. The second-order valence-electron chi connectivity index (χ2n) is 5.45. The van der Waals surface area contributed by atoms with Crippen LogP contribution in [0, 0.1) is 0 Å². The zero-order chi connectivity index (χ0) is 15.4. The van der Waals surface area contributed by atoms with E-state index in [0.717, 1.165) is 18.8 Å². The first-order valence-electron chi connectivity index (χ1n) is 7.23. The van der Waals surface area contributed by atoms with Crippen LogP contribution in [0.2, 0.25) is 0 Å². The third-order valence-corrected chi connectivity index (χ3v) is 3.61. The normalized spacial score (nSPS) is 17.7. The topological polar surface area (TPSA) is 65.5 Å². The lowest BCUT2D eigenvalue weighted by molar-refractivity contribution is -0.129. The number of hydrogen-bond donors (Lipinski definition) is 1. The molecule has 0 aromatic carbocycles. The van der Waals surface area contributed by atoms with E-state index in [2.05, 4.69) is 10.3 Å². The molecule has 0 spiro atoms. The summed E-state index contributed by atoms with van der Waals surface area (Å²) in [7, 11) is 3.43. The maximum absolute atomic E-state index is 11.8. The van der Waals surface area contributed by atoms with Crippen LogP contribution in [0.25, 0.3) is 0 Å². The second kappa shape index (κ2) is 6.56. The fourth-order valence-corrected chi connectivity index (χ4v) is 2.40. The Morgan fingerprint density at radius 1 is 1.43 bits per heavy atom. The predicted molar refractivity (Wildman–Crippen MR) is 81.2 cm³/mol. The van der Waals surface area contributed by atoms with E-state index in [1.54, 1.807) is 32.4 Å². The maximum Gasteiger partial charge on any atom is 0.254 e. The number of aromatic nitrogens is 1. The predicted octanol–water partition coefficient (Wildman–Crippen LogP) is 1.21. The van der Waals surface area contributed by atoms with Crippen molar-refractivity contribution in [1.29, 1.82) is 0 Å². The molecule has 2 amide bonds. The molecule has 1 aliphatic rings. The Labute approximate surface area is 125 Å². The molecule has 21 heavy (non-hydrogen) atoms. The molecule has 0 saturated carbocycles. The van der Waals surface area contributed by atoms with E-state index in [-0.39, 0.29) is 17.9 Å². The van der Waals surface area contributed by atoms with Gasteiger partial charge in [-0.2, -0.15) is 0 Å². The third kappa shape index (κ3) is 3.71. The van der Waals surface area contributed by atoms with Crippen molar-refractivity contribution >= 4 is 17.6 Å². The molecule has 1 N–H and O–H groups in total. The van der Waals surface area contributed by atoms with Gasteiger partial charge in [-0.15, -0.1) is 0 Å². The molecular formula is C15H22N4O2. The summed E-state index contributed by atoms with van der Waals surface area (Å²) in [6.45, 7) is 3.39. The molecule has 1 atom stereocenters. The van der Waals surface area contributed by atoms with Gasteiger partial charge in [0.05, 0.1) is 5.56 Å². The Morgan fingerprint density at radius 3 is 2.76 bits per heavy atom. The van der Waals surface area contributed by atoms with Crippen molar-refractivity contribution in [2.45, 2.75) is 25.8 Å². The first-order chi connectivity index (χ1) is 10.0. The Morgan fingerprint density at radius 2 is 2.19 bits per heavy atom. The quantitative estimate of drug-likeness (QED) is 0.905. The number of carbonyl (C=O) groups is 2. The minimum absolute atomic E-state index is 0.0605. The summed E-state index contributed by atoms with van der Waals surface area (Å²) in [6, 6.07) is 3.80. The van der Waals surface area contributed by atoms with E-state index in [9.17, 15) is 9.59 Å². The largest absolute Gasteiger partial charge is 0.365 e. The van der Waals surface area contributed by atoms with E-state index >= 15 is 0 Å². The molecule has 6 heteroatoms. The van der Waals surface area contributed by atoms with Gasteiger partial charge in [0.2, 0.25) is 5.91 Å². The van der Waals surface area contributed by atoms with Crippen molar-refractivity contribution in [1.82, 2.24) is 14.8 Å². The number of amides is 2. The van der Waals surface area contributed by atoms with Gasteiger partial charge >= 0.3 is 0 Å². The van der Waals surface area contributed by atoms with Crippen molar-refractivity contribution in [3.05, 3.63) is 23.9 Å². The summed E-state index contributed by atoms with van der Waals surface area (Å²) < 4.78 is 0. The Kier molecular flexibility index (Phi) is 4.77. The van der Waals surface area contributed by atoms with Crippen molar-refractivity contribution < 1.29 is 9.59 Å². The van der Waals surface area contributed by atoms with Crippen LogP contribution < -0.4 is 5.32 Å². The summed E-state index contributed by atoms with van der Waals surface area (Å²) in [5, 5.41) is 3.32. The minimum atomic E-state index is -0.0605. The molecule has 114 valence electrons. The molecule has 1 saturated heterocycles. The van der Waals surface area contributed by atoms with Gasteiger partial charge < -0.3 is 15.1 Å². The molecule has 1 aromatic rings.